The fourth-order valence-electron chi connectivity index (χ4n) is 2.05. The van der Waals surface area contributed by atoms with Gasteiger partial charge in [0.2, 0.25) is 0 Å². The van der Waals surface area contributed by atoms with E-state index in [1.54, 1.807) is 0 Å². The van der Waals surface area contributed by atoms with E-state index in [1.165, 1.54) is 0 Å². The molecular weight excluding hydrogens is 294 g/mol. The number of carbonyl (C=O) groups excluding carboxylic acids is 1. The second kappa shape index (κ2) is 6.80. The number of benzene rings is 2. The summed E-state index contributed by atoms with van der Waals surface area (Å²) in [7, 11) is 0. The summed E-state index contributed by atoms with van der Waals surface area (Å²) in [6.45, 7) is 5.88. The minimum Gasteiger partial charge on any atom is -0.347 e. The Morgan fingerprint density at radius 3 is 2.18 bits per heavy atom. The van der Waals surface area contributed by atoms with E-state index in [1.807, 2.05) is 81.4 Å². The third-order valence-corrected chi connectivity index (χ3v) is 3.37. The highest BCUT2D eigenvalue weighted by molar-refractivity contribution is 6.33. The number of hydrogen-bond acceptors (Lipinski definition) is 1. The van der Waals surface area contributed by atoms with Crippen LogP contribution in [-0.2, 0) is 4.79 Å². The zero-order valence-corrected chi connectivity index (χ0v) is 13.8. The maximum absolute atomic E-state index is 12.7. The van der Waals surface area contributed by atoms with E-state index < -0.39 is 0 Å². The highest BCUT2D eigenvalue weighted by Crippen LogP contribution is 2.23. The molecule has 0 aliphatic carbocycles. The average molecular weight is 314 g/mol. The van der Waals surface area contributed by atoms with Gasteiger partial charge in [-0.1, -0.05) is 60.1 Å². The number of hydrogen-bond donors (Lipinski definition) is 1. The van der Waals surface area contributed by atoms with E-state index in [2.05, 4.69) is 5.32 Å². The summed E-state index contributed by atoms with van der Waals surface area (Å²) in [5.74, 6) is -0.112. The normalized spacial score (nSPS) is 12.1. The molecule has 0 radical (unpaired) electrons. The van der Waals surface area contributed by atoms with Gasteiger partial charge in [0.15, 0.2) is 0 Å². The van der Waals surface area contributed by atoms with Crippen LogP contribution >= 0.6 is 11.6 Å². The van der Waals surface area contributed by atoms with Crippen LogP contribution in [-0.4, -0.2) is 11.4 Å². The first-order valence-corrected chi connectivity index (χ1v) is 7.59. The molecule has 0 heterocycles. The average Bonchev–Trinajstić information content (AvgIpc) is 2.45. The van der Waals surface area contributed by atoms with Gasteiger partial charge in [-0.05, 0) is 44.0 Å². The van der Waals surface area contributed by atoms with Crippen LogP contribution in [0, 0.1) is 0 Å². The Kier molecular flexibility index (Phi) is 5.04. The number of rotatable bonds is 3. The smallest absolute Gasteiger partial charge is 0.252 e. The van der Waals surface area contributed by atoms with Gasteiger partial charge in [0, 0.05) is 16.1 Å². The lowest BCUT2D eigenvalue weighted by atomic mass is 10.00. The minimum atomic E-state index is -0.300. The third-order valence-electron chi connectivity index (χ3n) is 3.02. The van der Waals surface area contributed by atoms with Gasteiger partial charge in [-0.15, -0.1) is 0 Å². The van der Waals surface area contributed by atoms with Crippen LogP contribution in [0.2, 0.25) is 5.02 Å². The number of halogens is 1. The van der Waals surface area contributed by atoms with Crippen LogP contribution in [0.5, 0.6) is 0 Å². The molecule has 0 bridgehead atoms. The summed E-state index contributed by atoms with van der Waals surface area (Å²) in [4.78, 5) is 12.7. The van der Waals surface area contributed by atoms with E-state index in [-0.39, 0.29) is 11.4 Å². The molecule has 114 valence electrons. The summed E-state index contributed by atoms with van der Waals surface area (Å²) in [6, 6.07) is 17.1. The summed E-state index contributed by atoms with van der Waals surface area (Å²) < 4.78 is 0. The van der Waals surface area contributed by atoms with Crippen molar-refractivity contribution in [3.63, 3.8) is 0 Å². The minimum absolute atomic E-state index is 0.112. The van der Waals surface area contributed by atoms with Crippen molar-refractivity contribution >= 4 is 29.2 Å². The molecule has 0 saturated heterocycles. The molecule has 22 heavy (non-hydrogen) atoms. The molecule has 2 aromatic rings. The van der Waals surface area contributed by atoms with Crippen molar-refractivity contribution in [2.75, 3.05) is 0 Å². The third kappa shape index (κ3) is 4.47. The van der Waals surface area contributed by atoms with Crippen LogP contribution in [0.1, 0.15) is 31.9 Å². The van der Waals surface area contributed by atoms with Gasteiger partial charge >= 0.3 is 0 Å². The van der Waals surface area contributed by atoms with Gasteiger partial charge < -0.3 is 5.32 Å². The molecule has 1 amide bonds. The molecule has 0 saturated carbocycles. The molecule has 2 rings (SSSR count). The summed E-state index contributed by atoms with van der Waals surface area (Å²) in [5, 5.41) is 3.63. The predicted octanol–water partition coefficient (Wildman–Crippen LogP) is 4.80. The van der Waals surface area contributed by atoms with Crippen molar-refractivity contribution in [2.24, 2.45) is 0 Å². The highest BCUT2D eigenvalue weighted by atomic mass is 35.5. The van der Waals surface area contributed by atoms with E-state index in [4.69, 9.17) is 11.6 Å². The number of nitrogens with one attached hydrogen (secondary N) is 1. The Hall–Kier alpha value is -2.06. The lowest BCUT2D eigenvalue weighted by Gasteiger charge is -2.22. The van der Waals surface area contributed by atoms with Gasteiger partial charge in [-0.2, -0.15) is 0 Å². The lowest BCUT2D eigenvalue weighted by Crippen LogP contribution is -2.41. The van der Waals surface area contributed by atoms with Crippen LogP contribution in [0.25, 0.3) is 11.6 Å². The first-order chi connectivity index (χ1) is 10.4. The summed E-state index contributed by atoms with van der Waals surface area (Å²) in [5.41, 5.74) is 1.99. The van der Waals surface area contributed by atoms with Crippen molar-refractivity contribution in [3.05, 3.63) is 70.7 Å². The van der Waals surface area contributed by atoms with Gasteiger partial charge in [-0.3, -0.25) is 4.79 Å². The molecule has 0 aromatic heterocycles. The molecule has 0 aliphatic heterocycles. The summed E-state index contributed by atoms with van der Waals surface area (Å²) >= 11 is 6.22. The molecule has 0 fully saturated rings. The standard InChI is InChI=1S/C19H20ClNO/c1-19(2,3)21-18(22)16(14-9-5-4-6-10-14)13-15-11-7-8-12-17(15)20/h4-13H,1-3H3,(H,21,22)/b16-13+. The van der Waals surface area contributed by atoms with Gasteiger partial charge in [-0.25, -0.2) is 0 Å². The van der Waals surface area contributed by atoms with Crippen molar-refractivity contribution < 1.29 is 4.79 Å². The van der Waals surface area contributed by atoms with E-state index in [9.17, 15) is 4.79 Å². The van der Waals surface area contributed by atoms with Crippen LogP contribution < -0.4 is 5.32 Å². The maximum Gasteiger partial charge on any atom is 0.252 e. The van der Waals surface area contributed by atoms with E-state index in [0.717, 1.165) is 11.1 Å². The summed E-state index contributed by atoms with van der Waals surface area (Å²) in [6.07, 6.45) is 1.83. The molecule has 2 nitrogen and oxygen atoms in total. The molecule has 0 spiro atoms. The molecule has 1 N–H and O–H groups in total. The second-order valence-corrected chi connectivity index (χ2v) is 6.56. The van der Waals surface area contributed by atoms with Gasteiger partial charge in [0.25, 0.3) is 5.91 Å². The SMILES string of the molecule is CC(C)(C)NC(=O)/C(=C/c1ccccc1Cl)c1ccccc1. The van der Waals surface area contributed by atoms with Crippen molar-refractivity contribution in [1.82, 2.24) is 5.32 Å². The zero-order valence-electron chi connectivity index (χ0n) is 13.1. The largest absolute Gasteiger partial charge is 0.347 e. The molecule has 3 heteroatoms. The quantitative estimate of drug-likeness (QED) is 0.640. The topological polar surface area (TPSA) is 29.1 Å². The Morgan fingerprint density at radius 2 is 1.59 bits per heavy atom. The Bertz CT molecular complexity index is 684. The van der Waals surface area contributed by atoms with Crippen molar-refractivity contribution in [1.29, 1.82) is 0 Å². The van der Waals surface area contributed by atoms with E-state index in [0.29, 0.717) is 10.6 Å². The molecule has 2 aromatic carbocycles. The van der Waals surface area contributed by atoms with Crippen molar-refractivity contribution in [3.8, 4) is 0 Å². The van der Waals surface area contributed by atoms with Crippen LogP contribution in [0.15, 0.2) is 54.6 Å². The fraction of sp³-hybridized carbons (Fsp3) is 0.211. The Labute approximate surface area is 136 Å². The molecule has 0 aliphatic rings. The molecular formula is C19H20ClNO. The van der Waals surface area contributed by atoms with Gasteiger partial charge in [0.05, 0.1) is 0 Å². The zero-order chi connectivity index (χ0) is 16.2. The second-order valence-electron chi connectivity index (χ2n) is 6.15. The lowest BCUT2D eigenvalue weighted by molar-refractivity contribution is -0.116. The van der Waals surface area contributed by atoms with Gasteiger partial charge in [0.1, 0.15) is 0 Å². The van der Waals surface area contributed by atoms with Crippen molar-refractivity contribution in [2.45, 2.75) is 26.3 Å². The number of carbonyl (C=O) groups is 1. The fourth-order valence-corrected chi connectivity index (χ4v) is 2.24. The monoisotopic (exact) mass is 313 g/mol. The molecule has 0 atom stereocenters. The van der Waals surface area contributed by atoms with Crippen LogP contribution in [0.4, 0.5) is 0 Å². The molecule has 0 unspecified atom stereocenters. The van der Waals surface area contributed by atoms with Crippen LogP contribution in [0.3, 0.4) is 0 Å². The number of amides is 1. The van der Waals surface area contributed by atoms with E-state index >= 15 is 0 Å². The first kappa shape index (κ1) is 16.3. The predicted molar refractivity (Wildman–Crippen MR) is 93.7 cm³/mol. The Balaban J connectivity index is 2.47. The Morgan fingerprint density at radius 1 is 1.00 bits per heavy atom. The highest BCUT2D eigenvalue weighted by Gasteiger charge is 2.18. The first-order valence-electron chi connectivity index (χ1n) is 7.21. The maximum atomic E-state index is 12.7.